The van der Waals surface area contributed by atoms with E-state index < -0.39 is 17.9 Å². The first-order valence-corrected chi connectivity index (χ1v) is 5.87. The van der Waals surface area contributed by atoms with Crippen molar-refractivity contribution in [3.05, 3.63) is 35.4 Å². The maximum absolute atomic E-state index is 12.9. The van der Waals surface area contributed by atoms with Crippen LogP contribution in [0.25, 0.3) is 0 Å². The Morgan fingerprint density at radius 3 is 1.88 bits per heavy atom. The van der Waals surface area contributed by atoms with Crippen LogP contribution in [0.4, 0.5) is 8.78 Å². The highest BCUT2D eigenvalue weighted by Gasteiger charge is 2.43. The third-order valence-corrected chi connectivity index (χ3v) is 3.47. The van der Waals surface area contributed by atoms with Crippen molar-refractivity contribution >= 4 is 0 Å². The summed E-state index contributed by atoms with van der Waals surface area (Å²) in [6.07, 6.45) is -2.54. The lowest BCUT2D eigenvalue weighted by Gasteiger charge is -2.38. The van der Waals surface area contributed by atoms with Gasteiger partial charge in [-0.15, -0.1) is 0 Å². The van der Waals surface area contributed by atoms with Gasteiger partial charge in [0.25, 0.3) is 0 Å². The van der Waals surface area contributed by atoms with Crippen molar-refractivity contribution in [2.45, 2.75) is 39.7 Å². The molecule has 1 nitrogen and oxygen atoms in total. The van der Waals surface area contributed by atoms with E-state index in [1.165, 1.54) is 6.92 Å². The largest absolute Gasteiger partial charge is 0.384 e. The minimum absolute atomic E-state index is 0.269. The predicted molar refractivity (Wildman–Crippen MR) is 65.1 cm³/mol. The molecule has 17 heavy (non-hydrogen) atoms. The van der Waals surface area contributed by atoms with Crippen LogP contribution in [0.2, 0.25) is 0 Å². The molecule has 0 aliphatic rings. The third kappa shape index (κ3) is 2.65. The number of aryl methyl sites for hydroxylation is 1. The molecular weight excluding hydrogens is 222 g/mol. The summed E-state index contributed by atoms with van der Waals surface area (Å²) in [5.74, 6) is -1.36. The summed E-state index contributed by atoms with van der Waals surface area (Å²) in [6, 6.07) is 7.13. The number of aliphatic hydroxyl groups is 1. The van der Waals surface area contributed by atoms with Gasteiger partial charge in [-0.2, -0.15) is 0 Å². The zero-order valence-corrected chi connectivity index (χ0v) is 10.7. The Morgan fingerprint density at radius 2 is 1.53 bits per heavy atom. The first-order valence-electron chi connectivity index (χ1n) is 5.87. The summed E-state index contributed by atoms with van der Waals surface area (Å²) in [6.45, 7) is 6.84. The van der Waals surface area contributed by atoms with E-state index in [0.29, 0.717) is 5.56 Å². The number of benzene rings is 1. The summed E-state index contributed by atoms with van der Waals surface area (Å²) < 4.78 is 25.8. The lowest BCUT2D eigenvalue weighted by Crippen LogP contribution is -2.42. The Bertz CT molecular complexity index is 359. The van der Waals surface area contributed by atoms with Gasteiger partial charge in [-0.1, -0.05) is 50.6 Å². The highest BCUT2D eigenvalue weighted by atomic mass is 19.3. The molecule has 2 atom stereocenters. The quantitative estimate of drug-likeness (QED) is 0.852. The van der Waals surface area contributed by atoms with Gasteiger partial charge in [-0.05, 0) is 18.4 Å². The number of alkyl halides is 2. The molecule has 96 valence electrons. The molecule has 0 saturated carbocycles. The summed E-state index contributed by atoms with van der Waals surface area (Å²) in [5, 5.41) is 10.6. The van der Waals surface area contributed by atoms with Gasteiger partial charge < -0.3 is 5.11 Å². The average molecular weight is 242 g/mol. The second kappa shape index (κ2) is 5.13. The van der Waals surface area contributed by atoms with Gasteiger partial charge in [0.05, 0.1) is 11.5 Å². The molecule has 2 unspecified atom stereocenters. The van der Waals surface area contributed by atoms with E-state index in [1.807, 2.05) is 19.1 Å². The van der Waals surface area contributed by atoms with Gasteiger partial charge in [-0.25, -0.2) is 8.78 Å². The van der Waals surface area contributed by atoms with Crippen molar-refractivity contribution in [3.8, 4) is 0 Å². The van der Waals surface area contributed by atoms with E-state index in [1.54, 1.807) is 26.0 Å². The minimum Gasteiger partial charge on any atom is -0.384 e. The SMILES string of the molecule is Cc1ccc(C(O)(C(C)C)C(C)C(F)F)cc1. The number of rotatable bonds is 4. The fourth-order valence-electron chi connectivity index (χ4n) is 2.13. The van der Waals surface area contributed by atoms with Crippen molar-refractivity contribution in [3.63, 3.8) is 0 Å². The standard InChI is InChI=1S/C14H20F2O/c1-9(2)14(17,11(4)13(15)16)12-7-5-10(3)6-8-12/h5-9,11,13,17H,1-4H3. The van der Waals surface area contributed by atoms with Crippen molar-refractivity contribution in [2.75, 3.05) is 0 Å². The van der Waals surface area contributed by atoms with Gasteiger partial charge in [0, 0.05) is 0 Å². The molecular formula is C14H20F2O. The molecule has 0 fully saturated rings. The van der Waals surface area contributed by atoms with Gasteiger partial charge >= 0.3 is 0 Å². The highest BCUT2D eigenvalue weighted by molar-refractivity contribution is 5.27. The van der Waals surface area contributed by atoms with Gasteiger partial charge in [0.2, 0.25) is 6.43 Å². The molecule has 0 radical (unpaired) electrons. The summed E-state index contributed by atoms with van der Waals surface area (Å²) >= 11 is 0. The molecule has 0 spiro atoms. The van der Waals surface area contributed by atoms with Crippen LogP contribution < -0.4 is 0 Å². The lowest BCUT2D eigenvalue weighted by atomic mass is 9.74. The molecule has 0 amide bonds. The maximum atomic E-state index is 12.9. The highest BCUT2D eigenvalue weighted by Crippen LogP contribution is 2.39. The van der Waals surface area contributed by atoms with Crippen LogP contribution in [0, 0.1) is 18.8 Å². The maximum Gasteiger partial charge on any atom is 0.244 e. The monoisotopic (exact) mass is 242 g/mol. The van der Waals surface area contributed by atoms with Crippen LogP contribution in [0.15, 0.2) is 24.3 Å². The Labute approximate surface area is 101 Å². The first-order chi connectivity index (χ1) is 7.80. The molecule has 1 aromatic rings. The smallest absolute Gasteiger partial charge is 0.244 e. The van der Waals surface area contributed by atoms with Crippen LogP contribution in [0.5, 0.6) is 0 Å². The Hall–Kier alpha value is -0.960. The third-order valence-electron chi connectivity index (χ3n) is 3.47. The van der Waals surface area contributed by atoms with E-state index in [2.05, 4.69) is 0 Å². The van der Waals surface area contributed by atoms with E-state index >= 15 is 0 Å². The Balaban J connectivity index is 3.20. The molecule has 0 heterocycles. The fraction of sp³-hybridized carbons (Fsp3) is 0.571. The van der Waals surface area contributed by atoms with Gasteiger partial charge in [0.15, 0.2) is 0 Å². The molecule has 0 bridgehead atoms. The molecule has 0 aliphatic carbocycles. The number of halogens is 2. The molecule has 1 aromatic carbocycles. The fourth-order valence-corrected chi connectivity index (χ4v) is 2.13. The van der Waals surface area contributed by atoms with Crippen molar-refractivity contribution in [2.24, 2.45) is 11.8 Å². The summed E-state index contributed by atoms with van der Waals surface area (Å²) in [4.78, 5) is 0. The van der Waals surface area contributed by atoms with E-state index in [-0.39, 0.29) is 5.92 Å². The van der Waals surface area contributed by atoms with Crippen LogP contribution in [-0.4, -0.2) is 11.5 Å². The van der Waals surface area contributed by atoms with Crippen molar-refractivity contribution < 1.29 is 13.9 Å². The van der Waals surface area contributed by atoms with Gasteiger partial charge in [-0.3, -0.25) is 0 Å². The molecule has 3 heteroatoms. The molecule has 1 N–H and O–H groups in total. The van der Waals surface area contributed by atoms with E-state index in [0.717, 1.165) is 5.56 Å². The van der Waals surface area contributed by atoms with E-state index in [9.17, 15) is 13.9 Å². The van der Waals surface area contributed by atoms with Gasteiger partial charge in [0.1, 0.15) is 0 Å². The molecule has 0 aliphatic heterocycles. The Kier molecular flexibility index (Phi) is 4.26. The minimum atomic E-state index is -2.54. The summed E-state index contributed by atoms with van der Waals surface area (Å²) in [7, 11) is 0. The van der Waals surface area contributed by atoms with Crippen molar-refractivity contribution in [1.29, 1.82) is 0 Å². The van der Waals surface area contributed by atoms with Crippen LogP contribution in [0.1, 0.15) is 31.9 Å². The molecule has 0 saturated heterocycles. The first kappa shape index (κ1) is 14.1. The lowest BCUT2D eigenvalue weighted by molar-refractivity contribution is -0.112. The van der Waals surface area contributed by atoms with Crippen molar-refractivity contribution in [1.82, 2.24) is 0 Å². The summed E-state index contributed by atoms with van der Waals surface area (Å²) in [5.41, 5.74) is 0.123. The zero-order chi connectivity index (χ0) is 13.2. The van der Waals surface area contributed by atoms with Crippen LogP contribution in [0.3, 0.4) is 0 Å². The molecule has 1 rings (SSSR count). The molecule has 0 aromatic heterocycles. The predicted octanol–water partition coefficient (Wildman–Crippen LogP) is 3.74. The normalized spacial score (nSPS) is 17.2. The van der Waals surface area contributed by atoms with E-state index in [4.69, 9.17) is 0 Å². The second-order valence-electron chi connectivity index (χ2n) is 4.97. The average Bonchev–Trinajstić information content (AvgIpc) is 2.27. The number of hydrogen-bond donors (Lipinski definition) is 1. The zero-order valence-electron chi connectivity index (χ0n) is 10.7. The van der Waals surface area contributed by atoms with Crippen LogP contribution in [-0.2, 0) is 5.60 Å². The van der Waals surface area contributed by atoms with Crippen LogP contribution >= 0.6 is 0 Å². The Morgan fingerprint density at radius 1 is 1.06 bits per heavy atom. The number of hydrogen-bond acceptors (Lipinski definition) is 1. The topological polar surface area (TPSA) is 20.2 Å². The second-order valence-corrected chi connectivity index (χ2v) is 4.97.